The molecule has 0 fully saturated rings. The summed E-state index contributed by atoms with van der Waals surface area (Å²) in [5.41, 5.74) is 4.10. The highest BCUT2D eigenvalue weighted by Crippen LogP contribution is 2.42. The fraction of sp³-hybridized carbons (Fsp3) is 0.423. The van der Waals surface area contributed by atoms with Gasteiger partial charge in [-0.3, -0.25) is 9.69 Å². The number of hydrogen-bond donors (Lipinski definition) is 1. The number of fused-ring (bicyclic) bond motifs is 1. The van der Waals surface area contributed by atoms with Crippen LogP contribution in [0.5, 0.6) is 11.5 Å². The Hall–Kier alpha value is -2.59. The molecular weight excluding hydrogens is 374 g/mol. The van der Waals surface area contributed by atoms with Crippen LogP contribution in [-0.2, 0) is 6.54 Å². The van der Waals surface area contributed by atoms with E-state index >= 15 is 0 Å². The number of phenols is 1. The Kier molecular flexibility index (Phi) is 7.33. The van der Waals surface area contributed by atoms with Gasteiger partial charge in [-0.05, 0) is 63.0 Å². The maximum absolute atomic E-state index is 13.1. The molecule has 0 aromatic heterocycles. The first-order chi connectivity index (χ1) is 14.4. The molecule has 2 aromatic rings. The third kappa shape index (κ3) is 4.93. The molecule has 0 aliphatic carbocycles. The predicted molar refractivity (Wildman–Crippen MR) is 122 cm³/mol. The van der Waals surface area contributed by atoms with Gasteiger partial charge in [0.25, 0.3) is 0 Å². The first-order valence-corrected chi connectivity index (χ1v) is 11.0. The number of ketones is 1. The van der Waals surface area contributed by atoms with Gasteiger partial charge in [0.1, 0.15) is 11.5 Å². The number of benzene rings is 2. The van der Waals surface area contributed by atoms with Crippen molar-refractivity contribution in [3.8, 4) is 11.5 Å². The van der Waals surface area contributed by atoms with Crippen molar-refractivity contribution < 1.29 is 14.6 Å². The van der Waals surface area contributed by atoms with E-state index in [0.717, 1.165) is 55.5 Å². The van der Waals surface area contributed by atoms with Crippen LogP contribution in [0.4, 0.5) is 0 Å². The molecule has 0 amide bonds. The van der Waals surface area contributed by atoms with Crippen molar-refractivity contribution in [2.45, 2.75) is 59.9 Å². The zero-order chi connectivity index (χ0) is 21.7. The lowest BCUT2D eigenvalue weighted by Gasteiger charge is -2.23. The summed E-state index contributed by atoms with van der Waals surface area (Å²) in [5, 5.41) is 10.7. The maximum atomic E-state index is 13.1. The Bertz CT molecular complexity index is 938. The highest BCUT2D eigenvalue weighted by molar-refractivity contribution is 6.15. The van der Waals surface area contributed by atoms with Gasteiger partial charge in [0, 0.05) is 6.54 Å². The van der Waals surface area contributed by atoms with E-state index in [-0.39, 0.29) is 11.5 Å². The number of rotatable bonds is 9. The number of hydrogen-bond acceptors (Lipinski definition) is 4. The molecule has 160 valence electrons. The minimum Gasteiger partial charge on any atom is -0.507 e. The first kappa shape index (κ1) is 22.1. The van der Waals surface area contributed by atoms with Crippen molar-refractivity contribution >= 4 is 11.9 Å². The number of Topliss-reactive ketones (excluding diaryl/α,β-unsaturated/α-hetero) is 1. The van der Waals surface area contributed by atoms with Crippen molar-refractivity contribution in [2.24, 2.45) is 0 Å². The number of carbonyl (C=O) groups is 1. The van der Waals surface area contributed by atoms with Crippen molar-refractivity contribution in [2.75, 3.05) is 13.1 Å². The number of ether oxygens (including phenoxy) is 1. The van der Waals surface area contributed by atoms with Crippen LogP contribution in [0.25, 0.3) is 6.08 Å². The van der Waals surface area contributed by atoms with E-state index in [1.54, 1.807) is 12.1 Å². The van der Waals surface area contributed by atoms with Gasteiger partial charge < -0.3 is 9.84 Å². The summed E-state index contributed by atoms with van der Waals surface area (Å²) < 4.78 is 6.09. The topological polar surface area (TPSA) is 49.8 Å². The fourth-order valence-electron chi connectivity index (χ4n) is 3.90. The van der Waals surface area contributed by atoms with Crippen LogP contribution in [0.2, 0.25) is 0 Å². The fourth-order valence-corrected chi connectivity index (χ4v) is 3.90. The number of nitrogens with zero attached hydrogens (tertiary/aromatic N) is 1. The quantitative estimate of drug-likeness (QED) is 0.516. The molecule has 3 rings (SSSR count). The summed E-state index contributed by atoms with van der Waals surface area (Å²) in [6, 6.07) is 9.67. The lowest BCUT2D eigenvalue weighted by atomic mass is 9.99. The molecule has 0 saturated carbocycles. The Balaban J connectivity index is 1.95. The zero-order valence-electron chi connectivity index (χ0n) is 18.6. The van der Waals surface area contributed by atoms with E-state index in [9.17, 15) is 9.90 Å². The average Bonchev–Trinajstić information content (AvgIpc) is 3.03. The first-order valence-electron chi connectivity index (χ1n) is 11.0. The minimum atomic E-state index is -0.112. The second-order valence-electron chi connectivity index (χ2n) is 8.23. The highest BCUT2D eigenvalue weighted by atomic mass is 16.5. The molecule has 0 bridgehead atoms. The summed E-state index contributed by atoms with van der Waals surface area (Å²) in [6.45, 7) is 10.8. The van der Waals surface area contributed by atoms with Gasteiger partial charge in [0.15, 0.2) is 5.76 Å². The SMILES string of the molecule is CCCCN(CCCC)Cc1c(O)cc(C)c2c1O/C(=C/c1cccc(C)c1)C2=O. The Morgan fingerprint density at radius 2 is 1.77 bits per heavy atom. The molecule has 4 heteroatoms. The molecule has 1 aliphatic heterocycles. The molecule has 0 unspecified atom stereocenters. The lowest BCUT2D eigenvalue weighted by Crippen LogP contribution is -2.26. The molecule has 1 aliphatic rings. The van der Waals surface area contributed by atoms with Crippen molar-refractivity contribution in [3.05, 3.63) is 63.9 Å². The number of carbonyl (C=O) groups excluding carboxylic acids is 1. The second-order valence-corrected chi connectivity index (χ2v) is 8.23. The van der Waals surface area contributed by atoms with E-state index in [1.165, 1.54) is 0 Å². The number of aromatic hydroxyl groups is 1. The van der Waals surface area contributed by atoms with Gasteiger partial charge in [-0.15, -0.1) is 0 Å². The normalized spacial score (nSPS) is 14.4. The lowest BCUT2D eigenvalue weighted by molar-refractivity contribution is 0.101. The smallest absolute Gasteiger partial charge is 0.232 e. The van der Waals surface area contributed by atoms with Crippen LogP contribution >= 0.6 is 0 Å². The van der Waals surface area contributed by atoms with E-state index in [1.807, 2.05) is 38.1 Å². The van der Waals surface area contributed by atoms with Gasteiger partial charge in [-0.25, -0.2) is 0 Å². The largest absolute Gasteiger partial charge is 0.507 e. The third-order valence-electron chi connectivity index (χ3n) is 5.60. The molecule has 2 aromatic carbocycles. The van der Waals surface area contributed by atoms with Crippen LogP contribution in [0.3, 0.4) is 0 Å². The van der Waals surface area contributed by atoms with Crippen molar-refractivity contribution in [3.63, 3.8) is 0 Å². The van der Waals surface area contributed by atoms with Gasteiger partial charge >= 0.3 is 0 Å². The highest BCUT2D eigenvalue weighted by Gasteiger charge is 2.33. The van der Waals surface area contributed by atoms with E-state index in [4.69, 9.17) is 4.74 Å². The molecule has 0 atom stereocenters. The molecule has 1 heterocycles. The summed E-state index contributed by atoms with van der Waals surface area (Å²) in [7, 11) is 0. The predicted octanol–water partition coefficient (Wildman–Crippen LogP) is 6.03. The van der Waals surface area contributed by atoms with Gasteiger partial charge in [0.2, 0.25) is 5.78 Å². The molecule has 30 heavy (non-hydrogen) atoms. The number of unbranched alkanes of at least 4 members (excludes halogenated alkanes) is 2. The van der Waals surface area contributed by atoms with Gasteiger partial charge in [-0.1, -0.05) is 56.5 Å². The van der Waals surface area contributed by atoms with E-state index in [2.05, 4.69) is 18.7 Å². The Morgan fingerprint density at radius 1 is 1.07 bits per heavy atom. The standard InChI is InChI=1S/C26H33NO3/c1-5-7-12-27(13-8-6-2)17-21-22(28)15-19(4)24-25(29)23(30-26(21)24)16-20-11-9-10-18(3)14-20/h9-11,14-16,28H,5-8,12-13,17H2,1-4H3/b23-16+. The molecular formula is C26H33NO3. The molecule has 1 N–H and O–H groups in total. The number of allylic oxidation sites excluding steroid dienone is 1. The zero-order valence-corrected chi connectivity index (χ0v) is 18.6. The molecule has 0 saturated heterocycles. The number of phenolic OH excluding ortho intramolecular Hbond substituents is 1. The van der Waals surface area contributed by atoms with E-state index < -0.39 is 0 Å². The summed E-state index contributed by atoms with van der Waals surface area (Å²) in [5.74, 6) is 0.932. The van der Waals surface area contributed by atoms with Crippen molar-refractivity contribution in [1.29, 1.82) is 0 Å². The molecule has 0 spiro atoms. The molecule has 0 radical (unpaired) electrons. The second kappa shape index (κ2) is 9.94. The monoisotopic (exact) mass is 407 g/mol. The van der Waals surface area contributed by atoms with Gasteiger partial charge in [0.05, 0.1) is 11.1 Å². The Labute approximate surface area is 180 Å². The summed E-state index contributed by atoms with van der Waals surface area (Å²) in [4.78, 5) is 15.5. The summed E-state index contributed by atoms with van der Waals surface area (Å²) in [6.07, 6.45) is 6.26. The molecule has 4 nitrogen and oxygen atoms in total. The van der Waals surface area contributed by atoms with Crippen LogP contribution in [0.1, 0.15) is 72.1 Å². The van der Waals surface area contributed by atoms with Gasteiger partial charge in [-0.2, -0.15) is 0 Å². The maximum Gasteiger partial charge on any atom is 0.232 e. The average molecular weight is 408 g/mol. The van der Waals surface area contributed by atoms with Crippen LogP contribution in [-0.4, -0.2) is 28.9 Å². The number of aryl methyl sites for hydroxylation is 2. The van der Waals surface area contributed by atoms with E-state index in [0.29, 0.717) is 29.2 Å². The Morgan fingerprint density at radius 3 is 2.40 bits per heavy atom. The van der Waals surface area contributed by atoms with Crippen LogP contribution < -0.4 is 4.74 Å². The van der Waals surface area contributed by atoms with Crippen LogP contribution in [0.15, 0.2) is 36.1 Å². The van der Waals surface area contributed by atoms with Crippen LogP contribution in [0, 0.1) is 13.8 Å². The summed E-state index contributed by atoms with van der Waals surface area (Å²) >= 11 is 0. The third-order valence-corrected chi connectivity index (χ3v) is 5.60. The minimum absolute atomic E-state index is 0.112. The van der Waals surface area contributed by atoms with Crippen molar-refractivity contribution in [1.82, 2.24) is 4.90 Å².